The van der Waals surface area contributed by atoms with Gasteiger partial charge >= 0.3 is 12.1 Å². The van der Waals surface area contributed by atoms with Crippen LogP contribution in [0.4, 0.5) is 19.0 Å². The monoisotopic (exact) mass is 449 g/mol. The largest absolute Gasteiger partial charge is 0.497 e. The lowest BCUT2D eigenvalue weighted by Gasteiger charge is -2.11. The average Bonchev–Trinajstić information content (AvgIpc) is 2.73. The van der Waals surface area contributed by atoms with E-state index in [0.29, 0.717) is 21.8 Å². The summed E-state index contributed by atoms with van der Waals surface area (Å²) in [6.07, 6.45) is -5.08. The molecule has 10 heteroatoms. The average molecular weight is 450 g/mol. The van der Waals surface area contributed by atoms with E-state index in [9.17, 15) is 18.4 Å². The molecule has 160 valence electrons. The van der Waals surface area contributed by atoms with Gasteiger partial charge in [0.25, 0.3) is 0 Å². The molecule has 0 spiro atoms. The molecular formula is C21H15ClF3N3O3. The van der Waals surface area contributed by atoms with Gasteiger partial charge in [0, 0.05) is 21.7 Å². The van der Waals surface area contributed by atoms with Gasteiger partial charge in [-0.2, -0.15) is 18.4 Å². The number of carboxylic acids is 1. The number of methoxy groups -OCH3 is 1. The number of anilines is 1. The number of nitrogens with zero attached hydrogens (tertiary/aromatic N) is 2. The Morgan fingerprint density at radius 3 is 2.23 bits per heavy atom. The smallest absolute Gasteiger partial charge is 0.490 e. The first-order valence-electron chi connectivity index (χ1n) is 8.48. The summed E-state index contributed by atoms with van der Waals surface area (Å²) in [7, 11) is 1.61. The number of nitrogen functional groups attached to an aromatic ring is 1. The number of hydrogen-bond acceptors (Lipinski definition) is 5. The lowest BCUT2D eigenvalue weighted by atomic mass is 9.98. The molecule has 0 saturated heterocycles. The number of nitrogens with two attached hydrogens (primary N) is 1. The van der Waals surface area contributed by atoms with Crippen molar-refractivity contribution in [1.82, 2.24) is 4.98 Å². The minimum absolute atomic E-state index is 0.181. The highest BCUT2D eigenvalue weighted by atomic mass is 35.5. The van der Waals surface area contributed by atoms with E-state index in [-0.39, 0.29) is 5.82 Å². The first kappa shape index (κ1) is 23.5. The highest BCUT2D eigenvalue weighted by Crippen LogP contribution is 2.35. The second-order valence-electron chi connectivity index (χ2n) is 5.94. The summed E-state index contributed by atoms with van der Waals surface area (Å²) in [5.74, 6) is -1.82. The minimum Gasteiger partial charge on any atom is -0.497 e. The maximum absolute atomic E-state index is 10.6. The van der Waals surface area contributed by atoms with Gasteiger partial charge in [0.1, 0.15) is 23.2 Å². The summed E-state index contributed by atoms with van der Waals surface area (Å²) in [4.78, 5) is 13.3. The fourth-order valence-electron chi connectivity index (χ4n) is 2.48. The van der Waals surface area contributed by atoms with Gasteiger partial charge in [-0.15, -0.1) is 0 Å². The molecule has 1 heterocycles. The number of halogens is 4. The van der Waals surface area contributed by atoms with Crippen molar-refractivity contribution in [3.63, 3.8) is 0 Å². The molecule has 0 saturated carbocycles. The number of carbonyl (C=O) groups is 1. The zero-order valence-electron chi connectivity index (χ0n) is 15.9. The molecule has 0 aliphatic heterocycles. The van der Waals surface area contributed by atoms with Gasteiger partial charge in [-0.05, 0) is 36.4 Å². The Labute approximate surface area is 180 Å². The topological polar surface area (TPSA) is 109 Å². The molecule has 0 fully saturated rings. The van der Waals surface area contributed by atoms with Crippen molar-refractivity contribution in [2.45, 2.75) is 6.18 Å². The number of alkyl halides is 3. The van der Waals surface area contributed by atoms with Crippen molar-refractivity contribution in [2.75, 3.05) is 12.8 Å². The second kappa shape index (κ2) is 9.82. The van der Waals surface area contributed by atoms with Gasteiger partial charge in [-0.1, -0.05) is 29.8 Å². The molecule has 31 heavy (non-hydrogen) atoms. The zero-order chi connectivity index (χ0) is 23.2. The zero-order valence-corrected chi connectivity index (χ0v) is 16.7. The fourth-order valence-corrected chi connectivity index (χ4v) is 2.72. The Bertz CT molecular complexity index is 1130. The fraction of sp³-hybridized carbons (Fsp3) is 0.0952. The van der Waals surface area contributed by atoms with Crippen LogP contribution in [0, 0.1) is 11.3 Å². The minimum atomic E-state index is -5.08. The van der Waals surface area contributed by atoms with Crippen LogP contribution in [0.2, 0.25) is 5.02 Å². The van der Waals surface area contributed by atoms with E-state index in [1.807, 2.05) is 48.5 Å². The van der Waals surface area contributed by atoms with E-state index in [1.54, 1.807) is 13.2 Å². The van der Waals surface area contributed by atoms with Crippen LogP contribution in [0.15, 0.2) is 54.6 Å². The molecule has 0 amide bonds. The number of pyridine rings is 1. The van der Waals surface area contributed by atoms with E-state index in [1.165, 1.54) is 0 Å². The Morgan fingerprint density at radius 2 is 1.74 bits per heavy atom. The Balaban J connectivity index is 0.000000423. The lowest BCUT2D eigenvalue weighted by Crippen LogP contribution is -2.21. The van der Waals surface area contributed by atoms with Crippen LogP contribution in [-0.2, 0) is 4.79 Å². The van der Waals surface area contributed by atoms with Crippen molar-refractivity contribution in [3.05, 3.63) is 65.2 Å². The van der Waals surface area contributed by atoms with Crippen LogP contribution in [0.5, 0.6) is 5.75 Å². The van der Waals surface area contributed by atoms with Gasteiger partial charge in [-0.3, -0.25) is 0 Å². The highest BCUT2D eigenvalue weighted by molar-refractivity contribution is 6.33. The van der Waals surface area contributed by atoms with Crippen LogP contribution in [-0.4, -0.2) is 29.3 Å². The summed E-state index contributed by atoms with van der Waals surface area (Å²) in [6.45, 7) is 0. The van der Waals surface area contributed by atoms with Gasteiger partial charge in [0.15, 0.2) is 0 Å². The third-order valence-electron chi connectivity index (χ3n) is 3.95. The summed E-state index contributed by atoms with van der Waals surface area (Å²) in [5, 5.41) is 17.1. The van der Waals surface area contributed by atoms with Crippen LogP contribution < -0.4 is 10.5 Å². The molecule has 1 aromatic heterocycles. The molecule has 0 aliphatic rings. The van der Waals surface area contributed by atoms with Gasteiger partial charge in [-0.25, -0.2) is 9.78 Å². The van der Waals surface area contributed by atoms with E-state index < -0.39 is 12.1 Å². The number of benzene rings is 2. The summed E-state index contributed by atoms with van der Waals surface area (Å²) >= 11 is 6.29. The number of hydrogen-bond donors (Lipinski definition) is 2. The highest BCUT2D eigenvalue weighted by Gasteiger charge is 2.38. The Hall–Kier alpha value is -3.77. The molecule has 0 atom stereocenters. The molecule has 2 aromatic carbocycles. The van der Waals surface area contributed by atoms with E-state index >= 15 is 0 Å². The van der Waals surface area contributed by atoms with Crippen LogP contribution in [0.1, 0.15) is 5.56 Å². The first-order chi connectivity index (χ1) is 14.6. The molecule has 3 aromatic rings. The normalized spacial score (nSPS) is 10.5. The van der Waals surface area contributed by atoms with Gasteiger partial charge in [0.05, 0.1) is 12.8 Å². The van der Waals surface area contributed by atoms with Crippen molar-refractivity contribution in [2.24, 2.45) is 0 Å². The molecule has 0 aliphatic carbocycles. The Kier molecular flexibility index (Phi) is 7.45. The van der Waals surface area contributed by atoms with E-state index in [2.05, 4.69) is 11.1 Å². The van der Waals surface area contributed by atoms with Crippen molar-refractivity contribution >= 4 is 23.4 Å². The van der Waals surface area contributed by atoms with Crippen molar-refractivity contribution in [3.8, 4) is 34.2 Å². The van der Waals surface area contributed by atoms with Crippen LogP contribution >= 0.6 is 11.6 Å². The molecule has 0 unspecified atom stereocenters. The lowest BCUT2D eigenvalue weighted by molar-refractivity contribution is -0.192. The predicted molar refractivity (Wildman–Crippen MR) is 109 cm³/mol. The van der Waals surface area contributed by atoms with Gasteiger partial charge < -0.3 is 15.6 Å². The molecular weight excluding hydrogens is 435 g/mol. The molecule has 0 bridgehead atoms. The number of nitriles is 1. The molecule has 3 rings (SSSR count). The third kappa shape index (κ3) is 5.87. The second-order valence-corrected chi connectivity index (χ2v) is 6.35. The number of aromatic nitrogens is 1. The molecule has 6 nitrogen and oxygen atoms in total. The molecule has 0 radical (unpaired) electrons. The SMILES string of the molecule is COc1ccc(-c2cc(-c3ccccc3Cl)c(C#N)c(N)n2)cc1.O=C(O)C(F)(F)F. The van der Waals surface area contributed by atoms with E-state index in [0.717, 1.165) is 16.9 Å². The number of carboxylic acid groups (broad SMARTS) is 1. The maximum Gasteiger partial charge on any atom is 0.490 e. The first-order valence-corrected chi connectivity index (χ1v) is 8.86. The standard InChI is InChI=1S/C19H14ClN3O.C2HF3O2/c1-24-13-8-6-12(7-9-13)18-10-15(16(11-21)19(22)23-18)14-4-2-3-5-17(14)20;3-2(4,5)1(6)7/h2-10H,1H3,(H2,22,23);(H,6,7). The third-order valence-corrected chi connectivity index (χ3v) is 4.28. The van der Waals surface area contributed by atoms with Crippen molar-refractivity contribution < 1.29 is 27.8 Å². The van der Waals surface area contributed by atoms with E-state index in [4.69, 9.17) is 32.0 Å². The quantitative estimate of drug-likeness (QED) is 0.571. The maximum atomic E-state index is 10.6. The predicted octanol–water partition coefficient (Wildman–Crippen LogP) is 5.16. The number of rotatable bonds is 3. The van der Waals surface area contributed by atoms with Gasteiger partial charge in [0.2, 0.25) is 0 Å². The Morgan fingerprint density at radius 1 is 1.16 bits per heavy atom. The summed E-state index contributed by atoms with van der Waals surface area (Å²) < 4.78 is 36.9. The molecule has 3 N–H and O–H groups in total. The number of aliphatic carboxylic acids is 1. The number of ether oxygens (including phenoxy) is 1. The summed E-state index contributed by atoms with van der Waals surface area (Å²) in [6, 6.07) is 18.8. The summed E-state index contributed by atoms with van der Waals surface area (Å²) in [5.41, 5.74) is 9.30. The van der Waals surface area contributed by atoms with Crippen molar-refractivity contribution in [1.29, 1.82) is 5.26 Å². The van der Waals surface area contributed by atoms with Crippen LogP contribution in [0.25, 0.3) is 22.4 Å². The van der Waals surface area contributed by atoms with Crippen LogP contribution in [0.3, 0.4) is 0 Å².